The van der Waals surface area contributed by atoms with Crippen LogP contribution in [0.4, 0.5) is 0 Å². The highest BCUT2D eigenvalue weighted by molar-refractivity contribution is 5.70. The van der Waals surface area contributed by atoms with Crippen molar-refractivity contribution in [2.24, 2.45) is 0 Å². The minimum Gasteiger partial charge on any atom is -0.464 e. The van der Waals surface area contributed by atoms with Crippen molar-refractivity contribution in [1.82, 2.24) is 0 Å². The second-order valence-corrected chi connectivity index (χ2v) is 3.97. The van der Waals surface area contributed by atoms with Crippen LogP contribution in [0.25, 0.3) is 0 Å². The standard InChI is InChI=1S/C11H20O4/c1-4-13-11(12)7-14-10-5-8(2)15-9(3)6-10/h8-10H,4-7H2,1-3H3. The molecule has 0 N–H and O–H groups in total. The van der Waals surface area contributed by atoms with E-state index in [1.165, 1.54) is 0 Å². The third-order valence-corrected chi connectivity index (χ3v) is 2.40. The zero-order valence-corrected chi connectivity index (χ0v) is 9.69. The molecular formula is C11H20O4. The molecule has 88 valence electrons. The summed E-state index contributed by atoms with van der Waals surface area (Å²) in [5, 5.41) is 0. The number of carbonyl (C=O) groups excluding carboxylic acids is 1. The van der Waals surface area contributed by atoms with Crippen LogP contribution in [0.2, 0.25) is 0 Å². The van der Waals surface area contributed by atoms with Crippen molar-refractivity contribution in [3.63, 3.8) is 0 Å². The number of esters is 1. The molecule has 1 saturated heterocycles. The summed E-state index contributed by atoms with van der Waals surface area (Å²) >= 11 is 0. The van der Waals surface area contributed by atoms with Crippen LogP contribution in [-0.4, -0.2) is 37.5 Å². The minimum absolute atomic E-state index is 0.0535. The average molecular weight is 216 g/mol. The lowest BCUT2D eigenvalue weighted by Crippen LogP contribution is -2.35. The van der Waals surface area contributed by atoms with Crippen molar-refractivity contribution in [3.8, 4) is 0 Å². The molecule has 4 heteroatoms. The predicted octanol–water partition coefficient (Wildman–Crippen LogP) is 1.52. The van der Waals surface area contributed by atoms with E-state index in [1.54, 1.807) is 6.92 Å². The van der Waals surface area contributed by atoms with Gasteiger partial charge in [-0.25, -0.2) is 4.79 Å². The molecule has 0 aromatic carbocycles. The van der Waals surface area contributed by atoms with Crippen LogP contribution in [0.15, 0.2) is 0 Å². The first kappa shape index (κ1) is 12.5. The Hall–Kier alpha value is -0.610. The van der Waals surface area contributed by atoms with Crippen molar-refractivity contribution in [2.75, 3.05) is 13.2 Å². The maximum absolute atomic E-state index is 11.1. The van der Waals surface area contributed by atoms with Gasteiger partial charge in [-0.3, -0.25) is 0 Å². The first-order valence-electron chi connectivity index (χ1n) is 5.54. The number of carbonyl (C=O) groups is 1. The molecule has 0 saturated carbocycles. The normalized spacial score (nSPS) is 31.3. The maximum Gasteiger partial charge on any atom is 0.332 e. The van der Waals surface area contributed by atoms with Crippen LogP contribution in [0.1, 0.15) is 33.6 Å². The van der Waals surface area contributed by atoms with Gasteiger partial charge >= 0.3 is 5.97 Å². The van der Waals surface area contributed by atoms with Crippen LogP contribution in [0.5, 0.6) is 0 Å². The highest BCUT2D eigenvalue weighted by Crippen LogP contribution is 2.21. The molecule has 0 aromatic heterocycles. The maximum atomic E-state index is 11.1. The van der Waals surface area contributed by atoms with E-state index < -0.39 is 0 Å². The molecule has 1 aliphatic heterocycles. The predicted molar refractivity (Wildman–Crippen MR) is 55.6 cm³/mol. The first-order valence-corrected chi connectivity index (χ1v) is 5.54. The molecule has 4 nitrogen and oxygen atoms in total. The van der Waals surface area contributed by atoms with Crippen LogP contribution in [0, 0.1) is 0 Å². The fourth-order valence-electron chi connectivity index (χ4n) is 1.87. The lowest BCUT2D eigenvalue weighted by molar-refractivity contribution is -0.156. The Kier molecular flexibility index (Phi) is 5.05. The van der Waals surface area contributed by atoms with Gasteiger partial charge in [0.15, 0.2) is 0 Å². The number of rotatable bonds is 4. The van der Waals surface area contributed by atoms with E-state index in [9.17, 15) is 4.79 Å². The highest BCUT2D eigenvalue weighted by atomic mass is 16.6. The molecule has 1 aliphatic rings. The van der Waals surface area contributed by atoms with Gasteiger partial charge in [0, 0.05) is 0 Å². The molecule has 0 radical (unpaired) electrons. The zero-order valence-electron chi connectivity index (χ0n) is 9.69. The highest BCUT2D eigenvalue weighted by Gasteiger charge is 2.25. The van der Waals surface area contributed by atoms with E-state index in [2.05, 4.69) is 0 Å². The van der Waals surface area contributed by atoms with Gasteiger partial charge in [-0.15, -0.1) is 0 Å². The van der Waals surface area contributed by atoms with E-state index in [0.29, 0.717) is 6.61 Å². The topological polar surface area (TPSA) is 44.8 Å². The van der Waals surface area contributed by atoms with Gasteiger partial charge < -0.3 is 14.2 Å². The van der Waals surface area contributed by atoms with E-state index >= 15 is 0 Å². The van der Waals surface area contributed by atoms with Gasteiger partial charge in [-0.2, -0.15) is 0 Å². The lowest BCUT2D eigenvalue weighted by atomic mass is 10.0. The van der Waals surface area contributed by atoms with Crippen LogP contribution in [-0.2, 0) is 19.0 Å². The molecule has 2 unspecified atom stereocenters. The molecule has 2 atom stereocenters. The Balaban J connectivity index is 2.23. The summed E-state index contributed by atoms with van der Waals surface area (Å²) in [5.41, 5.74) is 0. The second-order valence-electron chi connectivity index (χ2n) is 3.97. The summed E-state index contributed by atoms with van der Waals surface area (Å²) in [7, 11) is 0. The molecule has 15 heavy (non-hydrogen) atoms. The first-order chi connectivity index (χ1) is 7.11. The monoisotopic (exact) mass is 216 g/mol. The van der Waals surface area contributed by atoms with Gasteiger partial charge in [-0.05, 0) is 33.6 Å². The summed E-state index contributed by atoms with van der Waals surface area (Å²) in [4.78, 5) is 11.1. The smallest absolute Gasteiger partial charge is 0.332 e. The number of hydrogen-bond donors (Lipinski definition) is 0. The quantitative estimate of drug-likeness (QED) is 0.668. The molecule has 1 heterocycles. The molecule has 0 amide bonds. The van der Waals surface area contributed by atoms with E-state index in [-0.39, 0.29) is 30.9 Å². The fraction of sp³-hybridized carbons (Fsp3) is 0.909. The van der Waals surface area contributed by atoms with Gasteiger partial charge in [-0.1, -0.05) is 0 Å². The second kappa shape index (κ2) is 6.08. The molecular weight excluding hydrogens is 196 g/mol. The summed E-state index contributed by atoms with van der Waals surface area (Å²) in [5.74, 6) is -0.288. The van der Waals surface area contributed by atoms with Crippen LogP contribution >= 0.6 is 0 Å². The van der Waals surface area contributed by atoms with Crippen molar-refractivity contribution in [2.45, 2.75) is 51.9 Å². The van der Waals surface area contributed by atoms with E-state index in [0.717, 1.165) is 12.8 Å². The Bertz CT molecular complexity index is 195. The van der Waals surface area contributed by atoms with Crippen molar-refractivity contribution >= 4 is 5.97 Å². The fourth-order valence-corrected chi connectivity index (χ4v) is 1.87. The largest absolute Gasteiger partial charge is 0.464 e. The van der Waals surface area contributed by atoms with Crippen molar-refractivity contribution in [1.29, 1.82) is 0 Å². The Labute approximate surface area is 90.9 Å². The van der Waals surface area contributed by atoms with Crippen molar-refractivity contribution < 1.29 is 19.0 Å². The lowest BCUT2D eigenvalue weighted by Gasteiger charge is -2.31. The molecule has 0 bridgehead atoms. The van der Waals surface area contributed by atoms with Crippen LogP contribution in [0.3, 0.4) is 0 Å². The molecule has 0 spiro atoms. The SMILES string of the molecule is CCOC(=O)COC1CC(C)OC(C)C1. The summed E-state index contributed by atoms with van der Waals surface area (Å²) in [6, 6.07) is 0. The molecule has 0 aliphatic carbocycles. The van der Waals surface area contributed by atoms with Gasteiger partial charge in [0.25, 0.3) is 0 Å². The molecule has 1 rings (SSSR count). The number of hydrogen-bond acceptors (Lipinski definition) is 4. The van der Waals surface area contributed by atoms with Gasteiger partial charge in [0.1, 0.15) is 6.61 Å². The summed E-state index contributed by atoms with van der Waals surface area (Å²) < 4.78 is 15.8. The third-order valence-electron chi connectivity index (χ3n) is 2.40. The Morgan fingerprint density at radius 2 is 1.93 bits per heavy atom. The number of ether oxygens (including phenoxy) is 3. The van der Waals surface area contributed by atoms with Crippen molar-refractivity contribution in [3.05, 3.63) is 0 Å². The zero-order chi connectivity index (χ0) is 11.3. The minimum atomic E-state index is -0.288. The summed E-state index contributed by atoms with van der Waals surface area (Å²) in [6.07, 6.45) is 2.24. The Morgan fingerprint density at radius 1 is 1.33 bits per heavy atom. The Morgan fingerprint density at radius 3 is 2.47 bits per heavy atom. The summed E-state index contributed by atoms with van der Waals surface area (Å²) in [6.45, 7) is 6.30. The van der Waals surface area contributed by atoms with Crippen LogP contribution < -0.4 is 0 Å². The molecule has 0 aromatic rings. The van der Waals surface area contributed by atoms with Gasteiger partial charge in [0.2, 0.25) is 0 Å². The average Bonchev–Trinajstić information content (AvgIpc) is 2.14. The molecule has 1 fully saturated rings. The van der Waals surface area contributed by atoms with E-state index in [1.807, 2.05) is 13.8 Å². The third kappa shape index (κ3) is 4.62. The van der Waals surface area contributed by atoms with Gasteiger partial charge in [0.05, 0.1) is 24.9 Å². The van der Waals surface area contributed by atoms with E-state index in [4.69, 9.17) is 14.2 Å².